The quantitative estimate of drug-likeness (QED) is 0.753. The lowest BCUT2D eigenvalue weighted by atomic mass is 10.0. The molecule has 28 heavy (non-hydrogen) atoms. The van der Waals surface area contributed by atoms with E-state index in [4.69, 9.17) is 4.74 Å². The highest BCUT2D eigenvalue weighted by molar-refractivity contribution is 5.97. The van der Waals surface area contributed by atoms with Crippen LogP contribution in [0.5, 0.6) is 0 Å². The van der Waals surface area contributed by atoms with Gasteiger partial charge in [0.15, 0.2) is 0 Å². The van der Waals surface area contributed by atoms with Crippen LogP contribution in [0.15, 0.2) is 48.5 Å². The summed E-state index contributed by atoms with van der Waals surface area (Å²) in [7, 11) is 1.59. The molecule has 0 saturated carbocycles. The van der Waals surface area contributed by atoms with Gasteiger partial charge in [-0.1, -0.05) is 42.0 Å². The van der Waals surface area contributed by atoms with Gasteiger partial charge in [-0.25, -0.2) is 4.79 Å². The lowest BCUT2D eigenvalue weighted by Crippen LogP contribution is -2.48. The highest BCUT2D eigenvalue weighted by atomic mass is 16.5. The Morgan fingerprint density at radius 1 is 1.14 bits per heavy atom. The number of nitrogens with one attached hydrogen (secondary N) is 2. The average molecular weight is 381 g/mol. The molecule has 0 radical (unpaired) electrons. The zero-order chi connectivity index (χ0) is 19.9. The smallest absolute Gasteiger partial charge is 0.318 e. The first-order chi connectivity index (χ1) is 13.6. The van der Waals surface area contributed by atoms with Crippen molar-refractivity contribution in [1.82, 2.24) is 10.2 Å². The minimum atomic E-state index is -0.454. The number of ether oxygens (including phenoxy) is 1. The number of benzene rings is 2. The van der Waals surface area contributed by atoms with Gasteiger partial charge in [0.2, 0.25) is 5.91 Å². The first-order valence-corrected chi connectivity index (χ1v) is 9.60. The van der Waals surface area contributed by atoms with E-state index >= 15 is 0 Å². The van der Waals surface area contributed by atoms with E-state index in [-0.39, 0.29) is 11.9 Å². The van der Waals surface area contributed by atoms with Crippen LogP contribution in [0.3, 0.4) is 0 Å². The van der Waals surface area contributed by atoms with Crippen LogP contribution in [-0.4, -0.2) is 49.7 Å². The Morgan fingerprint density at radius 3 is 2.64 bits per heavy atom. The van der Waals surface area contributed by atoms with E-state index in [9.17, 15) is 9.59 Å². The van der Waals surface area contributed by atoms with Gasteiger partial charge in [0.25, 0.3) is 0 Å². The second-order valence-corrected chi connectivity index (χ2v) is 7.02. The van der Waals surface area contributed by atoms with Crippen LogP contribution in [0.1, 0.15) is 18.4 Å². The molecule has 0 aliphatic carbocycles. The highest BCUT2D eigenvalue weighted by Crippen LogP contribution is 2.25. The van der Waals surface area contributed by atoms with E-state index in [1.165, 1.54) is 5.56 Å². The van der Waals surface area contributed by atoms with Crippen molar-refractivity contribution in [2.75, 3.05) is 32.1 Å². The van der Waals surface area contributed by atoms with E-state index in [0.717, 1.165) is 23.2 Å². The number of anilines is 1. The standard InChI is InChI=1S/C22H27N3O3/c1-16-6-3-7-17(14-16)18-8-4-9-19(15-18)24-21(26)20-10-5-12-25(20)22(27)23-11-13-28-2/h3-4,6-9,14-15,20H,5,10-13H2,1-2H3,(H,23,27)(H,24,26)/t20-/m0/s1. The first kappa shape index (κ1) is 19.9. The Hall–Kier alpha value is -2.86. The fourth-order valence-electron chi connectivity index (χ4n) is 3.47. The van der Waals surface area contributed by atoms with Crippen LogP contribution in [0.2, 0.25) is 0 Å². The molecule has 1 aliphatic heterocycles. The van der Waals surface area contributed by atoms with Crippen molar-refractivity contribution in [3.63, 3.8) is 0 Å². The van der Waals surface area contributed by atoms with Gasteiger partial charge in [0.05, 0.1) is 6.61 Å². The maximum absolute atomic E-state index is 12.8. The molecule has 1 saturated heterocycles. The Bertz CT molecular complexity index is 837. The van der Waals surface area contributed by atoms with Gasteiger partial charge in [0.1, 0.15) is 6.04 Å². The van der Waals surface area contributed by atoms with Crippen molar-refractivity contribution >= 4 is 17.6 Å². The molecule has 1 aliphatic rings. The van der Waals surface area contributed by atoms with Crippen molar-refractivity contribution in [3.8, 4) is 11.1 Å². The summed E-state index contributed by atoms with van der Waals surface area (Å²) in [6.07, 6.45) is 1.49. The maximum Gasteiger partial charge on any atom is 0.318 e. The number of carbonyl (C=O) groups excluding carboxylic acids is 2. The van der Waals surface area contributed by atoms with E-state index in [1.807, 2.05) is 30.3 Å². The average Bonchev–Trinajstić information content (AvgIpc) is 3.18. The lowest BCUT2D eigenvalue weighted by molar-refractivity contribution is -0.119. The van der Waals surface area contributed by atoms with Crippen LogP contribution in [-0.2, 0) is 9.53 Å². The number of nitrogens with zero attached hydrogens (tertiary/aromatic N) is 1. The number of urea groups is 1. The molecular formula is C22H27N3O3. The fraction of sp³-hybridized carbons (Fsp3) is 0.364. The summed E-state index contributed by atoms with van der Waals surface area (Å²) in [6, 6.07) is 15.4. The number of aryl methyl sites for hydroxylation is 1. The van der Waals surface area contributed by atoms with Crippen LogP contribution >= 0.6 is 0 Å². The van der Waals surface area contributed by atoms with Crippen molar-refractivity contribution in [2.24, 2.45) is 0 Å². The summed E-state index contributed by atoms with van der Waals surface area (Å²) in [5.74, 6) is -0.152. The molecule has 0 aromatic heterocycles. The molecular weight excluding hydrogens is 354 g/mol. The summed E-state index contributed by atoms with van der Waals surface area (Å²) in [6.45, 7) is 3.52. The largest absolute Gasteiger partial charge is 0.383 e. The predicted octanol–water partition coefficient (Wildman–Crippen LogP) is 3.42. The predicted molar refractivity (Wildman–Crippen MR) is 110 cm³/mol. The summed E-state index contributed by atoms with van der Waals surface area (Å²) >= 11 is 0. The van der Waals surface area contributed by atoms with Crippen molar-refractivity contribution < 1.29 is 14.3 Å². The topological polar surface area (TPSA) is 70.7 Å². The molecule has 1 fully saturated rings. The van der Waals surface area contributed by atoms with Crippen molar-refractivity contribution in [3.05, 3.63) is 54.1 Å². The van der Waals surface area contributed by atoms with Crippen molar-refractivity contribution in [1.29, 1.82) is 0 Å². The zero-order valence-electron chi connectivity index (χ0n) is 16.4. The molecule has 0 spiro atoms. The van der Waals surface area contributed by atoms with E-state index in [1.54, 1.807) is 12.0 Å². The Balaban J connectivity index is 1.67. The van der Waals surface area contributed by atoms with Crippen molar-refractivity contribution in [2.45, 2.75) is 25.8 Å². The minimum absolute atomic E-state index is 0.152. The second-order valence-electron chi connectivity index (χ2n) is 7.02. The molecule has 3 amide bonds. The third-order valence-electron chi connectivity index (χ3n) is 4.88. The van der Waals surface area contributed by atoms with Gasteiger partial charge in [-0.3, -0.25) is 4.79 Å². The van der Waals surface area contributed by atoms with Crippen LogP contribution in [0.4, 0.5) is 10.5 Å². The number of hydrogen-bond acceptors (Lipinski definition) is 3. The molecule has 1 atom stereocenters. The van der Waals surface area contributed by atoms with Gasteiger partial charge in [0, 0.05) is 25.9 Å². The molecule has 6 heteroatoms. The molecule has 0 bridgehead atoms. The van der Waals surface area contributed by atoms with E-state index in [2.05, 4.69) is 35.8 Å². The summed E-state index contributed by atoms with van der Waals surface area (Å²) < 4.78 is 4.95. The first-order valence-electron chi connectivity index (χ1n) is 9.60. The molecule has 1 heterocycles. The lowest BCUT2D eigenvalue weighted by Gasteiger charge is -2.24. The van der Waals surface area contributed by atoms with Crippen LogP contribution in [0, 0.1) is 6.92 Å². The maximum atomic E-state index is 12.8. The minimum Gasteiger partial charge on any atom is -0.383 e. The monoisotopic (exact) mass is 381 g/mol. The molecule has 2 aromatic carbocycles. The Morgan fingerprint density at radius 2 is 1.89 bits per heavy atom. The number of amides is 3. The molecule has 2 aromatic rings. The number of carbonyl (C=O) groups is 2. The molecule has 6 nitrogen and oxygen atoms in total. The number of rotatable bonds is 6. The van der Waals surface area contributed by atoms with Gasteiger partial charge in [-0.2, -0.15) is 0 Å². The van der Waals surface area contributed by atoms with Gasteiger partial charge >= 0.3 is 6.03 Å². The number of hydrogen-bond donors (Lipinski definition) is 2. The summed E-state index contributed by atoms with van der Waals surface area (Å²) in [4.78, 5) is 26.7. The van der Waals surface area contributed by atoms with Crippen LogP contribution < -0.4 is 10.6 Å². The molecule has 3 rings (SSSR count). The summed E-state index contributed by atoms with van der Waals surface area (Å²) in [5.41, 5.74) is 4.07. The van der Waals surface area contributed by atoms with Gasteiger partial charge in [-0.15, -0.1) is 0 Å². The fourth-order valence-corrected chi connectivity index (χ4v) is 3.47. The molecule has 148 valence electrons. The van der Waals surface area contributed by atoms with Gasteiger partial charge in [-0.05, 0) is 43.0 Å². The SMILES string of the molecule is COCCNC(=O)N1CCC[C@H]1C(=O)Nc1cccc(-c2cccc(C)c2)c1. The van der Waals surface area contributed by atoms with Crippen LogP contribution in [0.25, 0.3) is 11.1 Å². The second kappa shape index (κ2) is 9.37. The number of likely N-dealkylation sites (tertiary alicyclic amines) is 1. The number of methoxy groups -OCH3 is 1. The Labute approximate surface area is 165 Å². The van der Waals surface area contributed by atoms with E-state index in [0.29, 0.717) is 26.1 Å². The normalized spacial score (nSPS) is 16.1. The molecule has 0 unspecified atom stereocenters. The summed E-state index contributed by atoms with van der Waals surface area (Å²) in [5, 5.41) is 5.77. The van der Waals surface area contributed by atoms with Gasteiger partial charge < -0.3 is 20.3 Å². The zero-order valence-corrected chi connectivity index (χ0v) is 16.4. The molecule has 2 N–H and O–H groups in total. The third kappa shape index (κ3) is 4.89. The third-order valence-corrected chi connectivity index (χ3v) is 4.88. The Kier molecular flexibility index (Phi) is 6.66. The highest BCUT2D eigenvalue weighted by Gasteiger charge is 2.34. The van der Waals surface area contributed by atoms with E-state index < -0.39 is 6.04 Å².